The van der Waals surface area contributed by atoms with E-state index in [1.807, 2.05) is 54.6 Å². The Bertz CT molecular complexity index is 611. The fourth-order valence-electron chi connectivity index (χ4n) is 2.90. The molecule has 2 N–H and O–H groups in total. The molecule has 4 heteroatoms. The lowest BCUT2D eigenvalue weighted by atomic mass is 10.0. The average Bonchev–Trinajstić information content (AvgIpc) is 2.66. The van der Waals surface area contributed by atoms with Crippen LogP contribution in [0.2, 0.25) is 0 Å². The Kier molecular flexibility index (Phi) is 6.10. The predicted octanol–water partition coefficient (Wildman–Crippen LogP) is 3.15. The van der Waals surface area contributed by atoms with Crippen molar-refractivity contribution in [3.63, 3.8) is 0 Å². The fraction of sp³-hybridized carbons (Fsp3) is 0.400. The molecular formula is C20H25NO3. The van der Waals surface area contributed by atoms with E-state index in [0.717, 1.165) is 36.4 Å². The van der Waals surface area contributed by atoms with Crippen molar-refractivity contribution in [2.45, 2.75) is 38.0 Å². The number of hydrogen-bond acceptors (Lipinski definition) is 4. The van der Waals surface area contributed by atoms with Crippen LogP contribution in [0.25, 0.3) is 0 Å². The summed E-state index contributed by atoms with van der Waals surface area (Å²) in [5, 5.41) is 13.6. The van der Waals surface area contributed by atoms with Crippen molar-refractivity contribution in [1.29, 1.82) is 0 Å². The van der Waals surface area contributed by atoms with E-state index in [1.165, 1.54) is 6.42 Å². The zero-order chi connectivity index (χ0) is 16.6. The molecule has 0 unspecified atom stereocenters. The van der Waals surface area contributed by atoms with Gasteiger partial charge in [-0.25, -0.2) is 0 Å². The van der Waals surface area contributed by atoms with Crippen LogP contribution in [0.5, 0.6) is 11.5 Å². The number of rotatable bonds is 7. The molecule has 4 nitrogen and oxygen atoms in total. The quantitative estimate of drug-likeness (QED) is 0.820. The van der Waals surface area contributed by atoms with Crippen LogP contribution in [0.4, 0.5) is 0 Å². The molecule has 0 amide bonds. The van der Waals surface area contributed by atoms with Crippen molar-refractivity contribution in [2.24, 2.45) is 0 Å². The maximum Gasteiger partial charge on any atom is 0.123 e. The van der Waals surface area contributed by atoms with Crippen LogP contribution in [0.15, 0.2) is 54.6 Å². The second-order valence-electron chi connectivity index (χ2n) is 6.18. The standard InChI is InChI=1S/C20H25NO3/c22-20(19-11-4-5-12-21-19)15-24-18-10-6-9-17(13-18)23-14-16-7-2-1-3-8-16/h1-3,6-10,13,19-22H,4-5,11-12,14-15H2/t19-,20+/m0/s1. The van der Waals surface area contributed by atoms with Crippen molar-refractivity contribution in [2.75, 3.05) is 13.2 Å². The van der Waals surface area contributed by atoms with Gasteiger partial charge in [-0.2, -0.15) is 0 Å². The highest BCUT2D eigenvalue weighted by atomic mass is 16.5. The van der Waals surface area contributed by atoms with Gasteiger partial charge in [-0.05, 0) is 37.1 Å². The molecule has 3 rings (SSSR count). The summed E-state index contributed by atoms with van der Waals surface area (Å²) in [5.41, 5.74) is 1.13. The SMILES string of the molecule is O[C@H](COc1cccc(OCc2ccccc2)c1)[C@@H]1CCCCN1. The predicted molar refractivity (Wildman–Crippen MR) is 94.4 cm³/mol. The Morgan fingerprint density at radius 2 is 1.79 bits per heavy atom. The van der Waals surface area contributed by atoms with Gasteiger partial charge in [-0.1, -0.05) is 42.8 Å². The number of piperidine rings is 1. The number of ether oxygens (including phenoxy) is 2. The molecule has 1 fully saturated rings. The number of hydrogen-bond donors (Lipinski definition) is 2. The van der Waals surface area contributed by atoms with E-state index < -0.39 is 6.10 Å². The van der Waals surface area contributed by atoms with Crippen LogP contribution in [0.3, 0.4) is 0 Å². The molecule has 2 aromatic carbocycles. The molecule has 1 aliphatic heterocycles. The average molecular weight is 327 g/mol. The van der Waals surface area contributed by atoms with E-state index in [1.54, 1.807) is 0 Å². The van der Waals surface area contributed by atoms with Crippen LogP contribution in [0, 0.1) is 0 Å². The first kappa shape index (κ1) is 16.8. The van der Waals surface area contributed by atoms with Crippen molar-refractivity contribution in [1.82, 2.24) is 5.32 Å². The molecule has 2 atom stereocenters. The Morgan fingerprint density at radius 3 is 2.54 bits per heavy atom. The minimum atomic E-state index is -0.487. The summed E-state index contributed by atoms with van der Waals surface area (Å²) in [5.74, 6) is 1.48. The third-order valence-corrected chi connectivity index (χ3v) is 4.29. The second kappa shape index (κ2) is 8.71. The maximum absolute atomic E-state index is 10.2. The van der Waals surface area contributed by atoms with E-state index >= 15 is 0 Å². The first-order valence-electron chi connectivity index (χ1n) is 8.62. The van der Waals surface area contributed by atoms with Gasteiger partial charge in [-0.15, -0.1) is 0 Å². The van der Waals surface area contributed by atoms with Crippen molar-refractivity contribution >= 4 is 0 Å². The Morgan fingerprint density at radius 1 is 1.00 bits per heavy atom. The molecule has 24 heavy (non-hydrogen) atoms. The van der Waals surface area contributed by atoms with E-state index in [9.17, 15) is 5.11 Å². The van der Waals surface area contributed by atoms with Gasteiger partial charge < -0.3 is 19.9 Å². The molecule has 0 spiro atoms. The summed E-state index contributed by atoms with van der Waals surface area (Å²) < 4.78 is 11.5. The molecule has 0 aliphatic carbocycles. The zero-order valence-corrected chi connectivity index (χ0v) is 13.9. The summed E-state index contributed by atoms with van der Waals surface area (Å²) in [6, 6.07) is 17.8. The highest BCUT2D eigenvalue weighted by molar-refractivity contribution is 5.33. The zero-order valence-electron chi connectivity index (χ0n) is 13.9. The number of nitrogens with one attached hydrogen (secondary N) is 1. The maximum atomic E-state index is 10.2. The Labute approximate surface area is 143 Å². The minimum Gasteiger partial charge on any atom is -0.491 e. The van der Waals surface area contributed by atoms with Gasteiger partial charge in [0.1, 0.15) is 30.8 Å². The highest BCUT2D eigenvalue weighted by Crippen LogP contribution is 2.21. The molecule has 1 saturated heterocycles. The van der Waals surface area contributed by atoms with Crippen LogP contribution in [-0.4, -0.2) is 30.4 Å². The van der Waals surface area contributed by atoms with Gasteiger partial charge in [0.15, 0.2) is 0 Å². The summed E-state index contributed by atoms with van der Waals surface area (Å²) in [6.07, 6.45) is 2.87. The molecule has 1 aliphatic rings. The van der Waals surface area contributed by atoms with Crippen LogP contribution >= 0.6 is 0 Å². The molecule has 0 aromatic heterocycles. The van der Waals surface area contributed by atoms with Gasteiger partial charge >= 0.3 is 0 Å². The van der Waals surface area contributed by atoms with Gasteiger partial charge in [0.05, 0.1) is 0 Å². The van der Waals surface area contributed by atoms with Gasteiger partial charge in [0.2, 0.25) is 0 Å². The fourth-order valence-corrected chi connectivity index (χ4v) is 2.90. The molecule has 2 aromatic rings. The number of aliphatic hydroxyl groups excluding tert-OH is 1. The van der Waals surface area contributed by atoms with Crippen molar-refractivity contribution in [3.05, 3.63) is 60.2 Å². The molecular weight excluding hydrogens is 302 g/mol. The Balaban J connectivity index is 1.49. The number of benzene rings is 2. The lowest BCUT2D eigenvalue weighted by molar-refractivity contribution is 0.0638. The summed E-state index contributed by atoms with van der Waals surface area (Å²) in [4.78, 5) is 0. The third kappa shape index (κ3) is 4.98. The van der Waals surface area contributed by atoms with Gasteiger partial charge in [0, 0.05) is 12.1 Å². The summed E-state index contributed by atoms with van der Waals surface area (Å²) >= 11 is 0. The lowest BCUT2D eigenvalue weighted by Gasteiger charge is -2.27. The van der Waals surface area contributed by atoms with Crippen molar-refractivity contribution < 1.29 is 14.6 Å². The van der Waals surface area contributed by atoms with E-state index in [4.69, 9.17) is 9.47 Å². The third-order valence-electron chi connectivity index (χ3n) is 4.29. The largest absolute Gasteiger partial charge is 0.491 e. The number of aliphatic hydroxyl groups is 1. The molecule has 0 radical (unpaired) electrons. The molecule has 0 saturated carbocycles. The minimum absolute atomic E-state index is 0.135. The summed E-state index contributed by atoms with van der Waals surface area (Å²) in [6.45, 7) is 1.79. The van der Waals surface area contributed by atoms with Crippen molar-refractivity contribution in [3.8, 4) is 11.5 Å². The van der Waals surface area contributed by atoms with E-state index in [2.05, 4.69) is 5.32 Å². The van der Waals surface area contributed by atoms with Crippen LogP contribution in [-0.2, 0) is 6.61 Å². The lowest BCUT2D eigenvalue weighted by Crippen LogP contribution is -2.45. The normalized spacial score (nSPS) is 18.8. The van der Waals surface area contributed by atoms with Crippen LogP contribution < -0.4 is 14.8 Å². The van der Waals surface area contributed by atoms with E-state index in [-0.39, 0.29) is 6.04 Å². The first-order chi connectivity index (χ1) is 11.8. The monoisotopic (exact) mass is 327 g/mol. The topological polar surface area (TPSA) is 50.7 Å². The molecule has 1 heterocycles. The van der Waals surface area contributed by atoms with Crippen LogP contribution in [0.1, 0.15) is 24.8 Å². The van der Waals surface area contributed by atoms with Gasteiger partial charge in [0.25, 0.3) is 0 Å². The molecule has 0 bridgehead atoms. The Hall–Kier alpha value is -2.04. The highest BCUT2D eigenvalue weighted by Gasteiger charge is 2.21. The summed E-state index contributed by atoms with van der Waals surface area (Å²) in [7, 11) is 0. The first-order valence-corrected chi connectivity index (χ1v) is 8.62. The smallest absolute Gasteiger partial charge is 0.123 e. The second-order valence-corrected chi connectivity index (χ2v) is 6.18. The van der Waals surface area contributed by atoms with E-state index in [0.29, 0.717) is 13.2 Å². The molecule has 128 valence electrons. The van der Waals surface area contributed by atoms with Gasteiger partial charge in [-0.3, -0.25) is 0 Å².